The van der Waals surface area contributed by atoms with Crippen LogP contribution in [0.15, 0.2) is 40.5 Å². The molecule has 1 N–H and O–H groups in total. The van der Waals surface area contributed by atoms with Gasteiger partial charge in [0, 0.05) is 13.1 Å². The fourth-order valence-corrected chi connectivity index (χ4v) is 4.26. The molecule has 3 aromatic rings. The van der Waals surface area contributed by atoms with Crippen LogP contribution in [0.3, 0.4) is 0 Å². The van der Waals surface area contributed by atoms with E-state index in [2.05, 4.69) is 10.2 Å². The van der Waals surface area contributed by atoms with Crippen LogP contribution >= 0.6 is 11.3 Å². The molecule has 0 spiro atoms. The van der Waals surface area contributed by atoms with Gasteiger partial charge in [0.15, 0.2) is 0 Å². The molecule has 0 atom stereocenters. The molecule has 6 nitrogen and oxygen atoms in total. The van der Waals surface area contributed by atoms with Gasteiger partial charge in [-0.25, -0.2) is 4.98 Å². The Labute approximate surface area is 162 Å². The molecule has 0 unspecified atom stereocenters. The summed E-state index contributed by atoms with van der Waals surface area (Å²) in [5.41, 5.74) is 0.726. The molecule has 0 amide bonds. The monoisotopic (exact) mass is 384 g/mol. The zero-order valence-electron chi connectivity index (χ0n) is 15.5. The highest BCUT2D eigenvalue weighted by Gasteiger charge is 2.19. The van der Waals surface area contributed by atoms with E-state index in [4.69, 9.17) is 9.72 Å². The first-order valence-corrected chi connectivity index (χ1v) is 10.3. The highest BCUT2D eigenvalue weighted by atomic mass is 32.1. The fraction of sp³-hybridized carbons (Fsp3) is 0.400. The van der Waals surface area contributed by atoms with Gasteiger partial charge in [0.1, 0.15) is 16.4 Å². The van der Waals surface area contributed by atoms with Crippen molar-refractivity contribution in [2.45, 2.75) is 19.9 Å². The van der Waals surface area contributed by atoms with Crippen molar-refractivity contribution in [2.75, 3.05) is 32.8 Å². The van der Waals surface area contributed by atoms with E-state index >= 15 is 0 Å². The fourth-order valence-electron chi connectivity index (χ4n) is 3.49. The number of rotatable bonds is 5. The maximum absolute atomic E-state index is 13.3. The summed E-state index contributed by atoms with van der Waals surface area (Å²) < 4.78 is 7.53. The molecule has 1 aromatic carbocycles. The van der Waals surface area contributed by atoms with E-state index in [9.17, 15) is 4.79 Å². The Morgan fingerprint density at radius 1 is 1.22 bits per heavy atom. The first-order valence-electron chi connectivity index (χ1n) is 9.42. The number of nitrogens with zero attached hydrogens (tertiary/aromatic N) is 3. The Balaban J connectivity index is 1.85. The predicted molar refractivity (Wildman–Crippen MR) is 109 cm³/mol. The van der Waals surface area contributed by atoms with Crippen LogP contribution in [-0.4, -0.2) is 47.2 Å². The normalized spacial score (nSPS) is 15.7. The Hall–Kier alpha value is -2.22. The lowest BCUT2D eigenvalue weighted by atomic mass is 10.2. The van der Waals surface area contributed by atoms with E-state index in [1.54, 1.807) is 4.57 Å². The van der Waals surface area contributed by atoms with E-state index in [1.165, 1.54) is 11.3 Å². The molecular weight excluding hydrogens is 360 g/mol. The molecule has 0 saturated carbocycles. The minimum absolute atomic E-state index is 0.0312. The van der Waals surface area contributed by atoms with E-state index in [0.717, 1.165) is 48.9 Å². The highest BCUT2D eigenvalue weighted by Crippen LogP contribution is 2.25. The van der Waals surface area contributed by atoms with Crippen molar-refractivity contribution in [3.05, 3.63) is 51.9 Å². The van der Waals surface area contributed by atoms with Gasteiger partial charge in [0.05, 0.1) is 24.2 Å². The molecule has 4 rings (SSSR count). The number of thiophene rings is 1. The first kappa shape index (κ1) is 18.2. The molecular formula is C20H24N4O2S. The van der Waals surface area contributed by atoms with Gasteiger partial charge in [-0.15, -0.1) is 11.3 Å². The summed E-state index contributed by atoms with van der Waals surface area (Å²) in [6.45, 7) is 7.09. The quantitative estimate of drug-likeness (QED) is 0.733. The number of ether oxygens (including phenoxy) is 1. The van der Waals surface area contributed by atoms with Crippen LogP contribution in [0.1, 0.15) is 19.2 Å². The molecule has 1 saturated heterocycles. The maximum atomic E-state index is 13.3. The molecule has 1 aliphatic rings. The molecule has 142 valence electrons. The van der Waals surface area contributed by atoms with Crippen molar-refractivity contribution >= 4 is 21.6 Å². The third kappa shape index (κ3) is 3.76. The van der Waals surface area contributed by atoms with Crippen molar-refractivity contribution in [2.24, 2.45) is 0 Å². The number of nitrogens with one attached hydrogen (secondary N) is 1. The molecule has 0 bridgehead atoms. The zero-order valence-corrected chi connectivity index (χ0v) is 16.3. The molecule has 2 aromatic heterocycles. The predicted octanol–water partition coefficient (Wildman–Crippen LogP) is 2.64. The average molecular weight is 385 g/mol. The second-order valence-corrected chi connectivity index (χ2v) is 7.48. The summed E-state index contributed by atoms with van der Waals surface area (Å²) in [7, 11) is 0. The third-order valence-corrected chi connectivity index (χ3v) is 5.58. The largest absolute Gasteiger partial charge is 0.492 e. The number of hydrogen-bond acceptors (Lipinski definition) is 6. The van der Waals surface area contributed by atoms with Crippen LogP contribution in [-0.2, 0) is 6.54 Å². The van der Waals surface area contributed by atoms with E-state index in [0.29, 0.717) is 24.3 Å². The molecule has 3 heterocycles. The van der Waals surface area contributed by atoms with Crippen molar-refractivity contribution in [3.8, 4) is 11.4 Å². The molecule has 27 heavy (non-hydrogen) atoms. The number of para-hydroxylation sites is 2. The van der Waals surface area contributed by atoms with E-state index < -0.39 is 0 Å². The van der Waals surface area contributed by atoms with Crippen LogP contribution in [0, 0.1) is 0 Å². The third-order valence-electron chi connectivity index (χ3n) is 4.77. The zero-order chi connectivity index (χ0) is 18.6. The van der Waals surface area contributed by atoms with Gasteiger partial charge in [0.25, 0.3) is 5.56 Å². The molecule has 7 heteroatoms. The Morgan fingerprint density at radius 2 is 2.11 bits per heavy atom. The minimum Gasteiger partial charge on any atom is -0.492 e. The van der Waals surface area contributed by atoms with Gasteiger partial charge in [0.2, 0.25) is 0 Å². The smallest absolute Gasteiger partial charge is 0.267 e. The van der Waals surface area contributed by atoms with Crippen molar-refractivity contribution < 1.29 is 4.74 Å². The lowest BCUT2D eigenvalue weighted by molar-refractivity contribution is 0.274. The first-order chi connectivity index (χ1) is 13.3. The lowest BCUT2D eigenvalue weighted by Gasteiger charge is -2.22. The van der Waals surface area contributed by atoms with Crippen LogP contribution in [0.2, 0.25) is 0 Å². The highest BCUT2D eigenvalue weighted by molar-refractivity contribution is 7.16. The Kier molecular flexibility index (Phi) is 5.52. The lowest BCUT2D eigenvalue weighted by Crippen LogP contribution is -2.32. The summed E-state index contributed by atoms with van der Waals surface area (Å²) >= 11 is 1.51. The molecule has 0 aliphatic carbocycles. The number of benzene rings is 1. The topological polar surface area (TPSA) is 59.4 Å². The SMILES string of the molecule is CCOc1ccccc1-n1c(CN2CCCNCC2)nc2sccc2c1=O. The number of hydrogen-bond donors (Lipinski definition) is 1. The van der Waals surface area contributed by atoms with Crippen LogP contribution in [0.4, 0.5) is 0 Å². The summed E-state index contributed by atoms with van der Waals surface area (Å²) in [5.74, 6) is 1.47. The number of aromatic nitrogens is 2. The van der Waals surface area contributed by atoms with Crippen molar-refractivity contribution in [3.63, 3.8) is 0 Å². The summed E-state index contributed by atoms with van der Waals surface area (Å²) in [4.78, 5) is 21.3. The van der Waals surface area contributed by atoms with Gasteiger partial charge >= 0.3 is 0 Å². The second-order valence-electron chi connectivity index (χ2n) is 6.59. The van der Waals surface area contributed by atoms with Gasteiger partial charge < -0.3 is 10.1 Å². The molecule has 1 aliphatic heterocycles. The summed E-state index contributed by atoms with van der Waals surface area (Å²) in [6, 6.07) is 9.55. The molecule has 0 radical (unpaired) electrons. The van der Waals surface area contributed by atoms with Crippen molar-refractivity contribution in [1.82, 2.24) is 19.8 Å². The van der Waals surface area contributed by atoms with Gasteiger partial charge in [-0.05, 0) is 50.0 Å². The Bertz CT molecular complexity index is 974. The average Bonchev–Trinajstić information content (AvgIpc) is 3.00. The van der Waals surface area contributed by atoms with Crippen LogP contribution in [0.25, 0.3) is 15.9 Å². The number of fused-ring (bicyclic) bond motifs is 1. The summed E-state index contributed by atoms with van der Waals surface area (Å²) in [5, 5.41) is 6.01. The van der Waals surface area contributed by atoms with E-state index in [1.807, 2.05) is 42.6 Å². The van der Waals surface area contributed by atoms with Crippen LogP contribution in [0.5, 0.6) is 5.75 Å². The maximum Gasteiger partial charge on any atom is 0.267 e. The van der Waals surface area contributed by atoms with Crippen molar-refractivity contribution in [1.29, 1.82) is 0 Å². The van der Waals surface area contributed by atoms with Gasteiger partial charge in [-0.3, -0.25) is 14.3 Å². The second kappa shape index (κ2) is 8.21. The van der Waals surface area contributed by atoms with Crippen LogP contribution < -0.4 is 15.6 Å². The van der Waals surface area contributed by atoms with Gasteiger partial charge in [-0.2, -0.15) is 0 Å². The molecule has 1 fully saturated rings. The Morgan fingerprint density at radius 3 is 3.00 bits per heavy atom. The van der Waals surface area contributed by atoms with E-state index in [-0.39, 0.29) is 5.56 Å². The standard InChI is InChI=1S/C20H24N4O2S/c1-2-26-17-7-4-3-6-16(17)24-18(14-23-11-5-9-21-10-12-23)22-19-15(20(24)25)8-13-27-19/h3-4,6-8,13,21H,2,5,9-12,14H2,1H3. The van der Waals surface area contributed by atoms with Gasteiger partial charge in [-0.1, -0.05) is 12.1 Å². The minimum atomic E-state index is -0.0312. The summed E-state index contributed by atoms with van der Waals surface area (Å²) in [6.07, 6.45) is 1.10.